The molecule has 0 aliphatic rings. The van der Waals surface area contributed by atoms with Gasteiger partial charge in [0.2, 0.25) is 0 Å². The molecule has 2 aromatic carbocycles. The number of methoxy groups -OCH3 is 2. The quantitative estimate of drug-likeness (QED) is 0.524. The van der Waals surface area contributed by atoms with Crippen molar-refractivity contribution in [1.82, 2.24) is 9.88 Å². The summed E-state index contributed by atoms with van der Waals surface area (Å²) in [5.74, 6) is -0.776. The SMILES string of the molecule is CCCCNC(=O)Oc1cn(Cc2ccc(F)cc2F)c(=O)c2cc(OC)c(OC)cc12. The molecule has 0 spiro atoms. The maximum atomic E-state index is 14.2. The van der Waals surface area contributed by atoms with Crippen LogP contribution in [0.4, 0.5) is 13.6 Å². The Balaban J connectivity index is 2.11. The van der Waals surface area contributed by atoms with Gasteiger partial charge in [-0.3, -0.25) is 4.79 Å². The molecule has 0 aliphatic carbocycles. The van der Waals surface area contributed by atoms with Gasteiger partial charge in [0.05, 0.1) is 32.3 Å². The van der Waals surface area contributed by atoms with Gasteiger partial charge in [-0.2, -0.15) is 0 Å². The van der Waals surface area contributed by atoms with E-state index in [2.05, 4.69) is 5.32 Å². The highest BCUT2D eigenvalue weighted by molar-refractivity contribution is 5.92. The standard InChI is InChI=1S/C23H24F2N2O5/c1-4-5-8-26-23(29)32-21-13-27(12-14-6-7-15(24)9-18(14)25)22(28)17-11-20(31-3)19(30-2)10-16(17)21/h6-7,9-11,13H,4-5,8,12H2,1-3H3,(H,26,29). The molecule has 170 valence electrons. The second kappa shape index (κ2) is 10.1. The lowest BCUT2D eigenvalue weighted by molar-refractivity contribution is 0.200. The fraction of sp³-hybridized carbons (Fsp3) is 0.304. The Morgan fingerprint density at radius 3 is 2.34 bits per heavy atom. The molecule has 0 atom stereocenters. The van der Waals surface area contributed by atoms with E-state index in [1.165, 1.54) is 43.2 Å². The zero-order valence-electron chi connectivity index (χ0n) is 18.0. The fourth-order valence-electron chi connectivity index (χ4n) is 3.22. The highest BCUT2D eigenvalue weighted by atomic mass is 19.1. The van der Waals surface area contributed by atoms with Gasteiger partial charge in [-0.1, -0.05) is 19.4 Å². The number of ether oxygens (including phenoxy) is 3. The molecule has 1 N–H and O–H groups in total. The summed E-state index contributed by atoms with van der Waals surface area (Å²) < 4.78 is 44.7. The van der Waals surface area contributed by atoms with E-state index in [-0.39, 0.29) is 23.2 Å². The summed E-state index contributed by atoms with van der Waals surface area (Å²) in [5, 5.41) is 3.15. The van der Waals surface area contributed by atoms with E-state index in [0.717, 1.165) is 25.0 Å². The number of rotatable bonds is 8. The Bertz CT molecular complexity index is 1190. The second-order valence-corrected chi connectivity index (χ2v) is 7.08. The first-order valence-corrected chi connectivity index (χ1v) is 10.1. The summed E-state index contributed by atoms with van der Waals surface area (Å²) in [5.41, 5.74) is -0.366. The predicted octanol–water partition coefficient (Wildman–Crippen LogP) is 4.23. The average molecular weight is 446 g/mol. The number of nitrogens with zero attached hydrogens (tertiary/aromatic N) is 1. The lowest BCUT2D eigenvalue weighted by atomic mass is 10.1. The molecular weight excluding hydrogens is 422 g/mol. The van der Waals surface area contributed by atoms with E-state index in [9.17, 15) is 18.4 Å². The number of hydrogen-bond acceptors (Lipinski definition) is 5. The summed E-state index contributed by atoms with van der Waals surface area (Å²) in [6, 6.07) is 6.11. The number of pyridine rings is 1. The lowest BCUT2D eigenvalue weighted by Gasteiger charge is -2.15. The van der Waals surface area contributed by atoms with Crippen LogP contribution in [0.2, 0.25) is 0 Å². The molecule has 1 aromatic heterocycles. The third-order valence-corrected chi connectivity index (χ3v) is 4.91. The maximum Gasteiger partial charge on any atom is 0.412 e. The van der Waals surface area contributed by atoms with Crippen LogP contribution in [0, 0.1) is 11.6 Å². The number of fused-ring (bicyclic) bond motifs is 1. The van der Waals surface area contributed by atoms with Crippen molar-refractivity contribution in [2.45, 2.75) is 26.3 Å². The molecule has 1 amide bonds. The van der Waals surface area contributed by atoms with Crippen LogP contribution < -0.4 is 25.1 Å². The van der Waals surface area contributed by atoms with E-state index >= 15 is 0 Å². The summed E-state index contributed by atoms with van der Waals surface area (Å²) >= 11 is 0. The van der Waals surface area contributed by atoms with E-state index in [1.807, 2.05) is 6.92 Å². The van der Waals surface area contributed by atoms with Gasteiger partial charge in [0, 0.05) is 23.6 Å². The number of nitrogens with one attached hydrogen (secondary N) is 1. The van der Waals surface area contributed by atoms with Gasteiger partial charge in [-0.05, 0) is 24.6 Å². The van der Waals surface area contributed by atoms with Gasteiger partial charge in [-0.15, -0.1) is 0 Å². The Morgan fingerprint density at radius 1 is 1.03 bits per heavy atom. The van der Waals surface area contributed by atoms with E-state index in [1.54, 1.807) is 0 Å². The molecule has 0 saturated heterocycles. The van der Waals surface area contributed by atoms with Crippen molar-refractivity contribution >= 4 is 16.9 Å². The van der Waals surface area contributed by atoms with Crippen molar-refractivity contribution in [3.05, 3.63) is 64.1 Å². The molecule has 0 radical (unpaired) electrons. The Morgan fingerprint density at radius 2 is 1.72 bits per heavy atom. The number of hydrogen-bond donors (Lipinski definition) is 1. The summed E-state index contributed by atoms with van der Waals surface area (Å²) in [4.78, 5) is 25.4. The molecule has 0 aliphatic heterocycles. The normalized spacial score (nSPS) is 10.8. The van der Waals surface area contributed by atoms with Crippen LogP contribution >= 0.6 is 0 Å². The number of aromatic nitrogens is 1. The third kappa shape index (κ3) is 4.99. The lowest BCUT2D eigenvalue weighted by Crippen LogP contribution is -2.29. The van der Waals surface area contributed by atoms with Gasteiger partial charge in [0.1, 0.15) is 11.6 Å². The largest absolute Gasteiger partial charge is 0.493 e. The summed E-state index contributed by atoms with van der Waals surface area (Å²) in [6.07, 6.45) is 2.31. The van der Waals surface area contributed by atoms with Crippen LogP contribution in [0.25, 0.3) is 10.8 Å². The van der Waals surface area contributed by atoms with Crippen LogP contribution in [0.1, 0.15) is 25.3 Å². The van der Waals surface area contributed by atoms with Crippen molar-refractivity contribution in [3.8, 4) is 17.2 Å². The Kier molecular flexibility index (Phi) is 7.29. The number of halogens is 2. The van der Waals surface area contributed by atoms with Gasteiger partial charge >= 0.3 is 6.09 Å². The molecule has 3 aromatic rings. The molecule has 0 unspecified atom stereocenters. The Hall–Kier alpha value is -3.62. The molecule has 32 heavy (non-hydrogen) atoms. The molecule has 0 saturated carbocycles. The van der Waals surface area contributed by atoms with Crippen LogP contribution in [0.15, 0.2) is 41.3 Å². The minimum Gasteiger partial charge on any atom is -0.493 e. The number of unbranched alkanes of at least 4 members (excludes halogenated alkanes) is 1. The van der Waals surface area contributed by atoms with E-state index < -0.39 is 23.3 Å². The van der Waals surface area contributed by atoms with E-state index in [4.69, 9.17) is 14.2 Å². The van der Waals surface area contributed by atoms with Crippen molar-refractivity contribution in [2.24, 2.45) is 0 Å². The minimum absolute atomic E-state index is 0.0806. The molecule has 0 fully saturated rings. The van der Waals surface area contributed by atoms with Gasteiger partial charge in [0.15, 0.2) is 17.2 Å². The maximum absolute atomic E-state index is 14.2. The van der Waals surface area contributed by atoms with Crippen molar-refractivity contribution in [3.63, 3.8) is 0 Å². The van der Waals surface area contributed by atoms with Crippen LogP contribution in [0.5, 0.6) is 17.2 Å². The topological polar surface area (TPSA) is 78.8 Å². The van der Waals surface area contributed by atoms with Gasteiger partial charge < -0.3 is 24.1 Å². The number of carbonyl (C=O) groups is 1. The predicted molar refractivity (Wildman–Crippen MR) is 116 cm³/mol. The zero-order valence-corrected chi connectivity index (χ0v) is 18.0. The highest BCUT2D eigenvalue weighted by Crippen LogP contribution is 2.35. The monoisotopic (exact) mass is 446 g/mol. The van der Waals surface area contributed by atoms with Gasteiger partial charge in [-0.25, -0.2) is 13.6 Å². The molecular formula is C23H24F2N2O5. The van der Waals surface area contributed by atoms with E-state index in [0.29, 0.717) is 23.4 Å². The number of amides is 1. The molecule has 7 nitrogen and oxygen atoms in total. The summed E-state index contributed by atoms with van der Waals surface area (Å²) in [6.45, 7) is 2.23. The van der Waals surface area contributed by atoms with Crippen LogP contribution in [0.3, 0.4) is 0 Å². The first-order valence-electron chi connectivity index (χ1n) is 10.1. The third-order valence-electron chi connectivity index (χ3n) is 4.91. The van der Waals surface area contributed by atoms with Crippen molar-refractivity contribution < 1.29 is 27.8 Å². The van der Waals surface area contributed by atoms with Crippen LogP contribution in [-0.4, -0.2) is 31.4 Å². The number of benzene rings is 2. The highest BCUT2D eigenvalue weighted by Gasteiger charge is 2.18. The second-order valence-electron chi connectivity index (χ2n) is 7.08. The first kappa shape index (κ1) is 23.1. The fourth-order valence-corrected chi connectivity index (χ4v) is 3.22. The molecule has 3 rings (SSSR count). The Labute approximate surface area is 183 Å². The average Bonchev–Trinajstić information content (AvgIpc) is 2.77. The first-order chi connectivity index (χ1) is 15.4. The zero-order chi connectivity index (χ0) is 23.3. The minimum atomic E-state index is -0.788. The smallest absolute Gasteiger partial charge is 0.412 e. The van der Waals surface area contributed by atoms with Crippen molar-refractivity contribution in [1.29, 1.82) is 0 Å². The molecule has 9 heteroatoms. The molecule has 0 bridgehead atoms. The van der Waals surface area contributed by atoms with Gasteiger partial charge in [0.25, 0.3) is 5.56 Å². The van der Waals surface area contributed by atoms with Crippen molar-refractivity contribution in [2.75, 3.05) is 20.8 Å². The summed E-state index contributed by atoms with van der Waals surface area (Å²) in [7, 11) is 2.87. The van der Waals surface area contributed by atoms with Crippen LogP contribution in [-0.2, 0) is 6.54 Å². The molecule has 1 heterocycles. The number of carbonyl (C=O) groups excluding carboxylic acids is 1.